The summed E-state index contributed by atoms with van der Waals surface area (Å²) in [7, 11) is -3.44. The van der Waals surface area contributed by atoms with E-state index in [4.69, 9.17) is 11.6 Å². The van der Waals surface area contributed by atoms with Crippen LogP contribution in [0.5, 0.6) is 0 Å². The number of aryl methyl sites for hydroxylation is 1. The van der Waals surface area contributed by atoms with Crippen molar-refractivity contribution in [3.8, 4) is 0 Å². The highest BCUT2D eigenvalue weighted by Crippen LogP contribution is 2.39. The average molecular weight is 449 g/mol. The molecule has 30 heavy (non-hydrogen) atoms. The van der Waals surface area contributed by atoms with Crippen LogP contribution in [0.15, 0.2) is 41.4 Å². The van der Waals surface area contributed by atoms with Crippen molar-refractivity contribution in [2.45, 2.75) is 49.8 Å². The number of aromatic nitrogens is 1. The number of rotatable bonds is 6. The van der Waals surface area contributed by atoms with Crippen LogP contribution in [0.3, 0.4) is 0 Å². The van der Waals surface area contributed by atoms with E-state index in [0.29, 0.717) is 31.5 Å². The lowest BCUT2D eigenvalue weighted by atomic mass is 9.75. The van der Waals surface area contributed by atoms with Crippen molar-refractivity contribution in [1.82, 2.24) is 4.98 Å². The Bertz CT molecular complexity index is 1040. The molecule has 8 heteroatoms. The average Bonchev–Trinajstić information content (AvgIpc) is 2.68. The van der Waals surface area contributed by atoms with Crippen LogP contribution >= 0.6 is 11.6 Å². The summed E-state index contributed by atoms with van der Waals surface area (Å²) in [6, 6.07) is 8.47. The van der Waals surface area contributed by atoms with Gasteiger partial charge >= 0.3 is 0 Å². The molecule has 3 rings (SSSR count). The third-order valence-electron chi connectivity index (χ3n) is 5.52. The van der Waals surface area contributed by atoms with E-state index in [9.17, 15) is 18.0 Å². The van der Waals surface area contributed by atoms with E-state index in [1.807, 2.05) is 13.0 Å². The standard InChI is InChI=1S/C22H25ClN2O4S/c1-14-3-10-21(24-13-14)25-22(27)12-18(15-4-7-17(26)8-5-15)16-6-9-20(19(23)11-16)30(2,28)29/h3,6,9-11,13,15,18H,4-5,7-8,12H2,1-2H3,(H,24,25,27)/t18-/m1/s1. The van der Waals surface area contributed by atoms with Gasteiger partial charge in [0.2, 0.25) is 5.91 Å². The molecular weight excluding hydrogens is 424 g/mol. The maximum absolute atomic E-state index is 12.8. The summed E-state index contributed by atoms with van der Waals surface area (Å²) in [5.41, 5.74) is 1.80. The van der Waals surface area contributed by atoms with Gasteiger partial charge in [-0.05, 0) is 60.9 Å². The lowest BCUT2D eigenvalue weighted by Gasteiger charge is -2.30. The predicted molar refractivity (Wildman–Crippen MR) is 116 cm³/mol. The van der Waals surface area contributed by atoms with Crippen LogP contribution < -0.4 is 5.32 Å². The molecule has 1 aliphatic rings. The van der Waals surface area contributed by atoms with Crippen molar-refractivity contribution < 1.29 is 18.0 Å². The molecule has 0 saturated heterocycles. The van der Waals surface area contributed by atoms with Crippen LogP contribution in [0, 0.1) is 12.8 Å². The molecule has 0 spiro atoms. The molecule has 160 valence electrons. The van der Waals surface area contributed by atoms with Crippen LogP contribution in [0.4, 0.5) is 5.82 Å². The Kier molecular flexibility index (Phi) is 6.93. The third kappa shape index (κ3) is 5.67. The Morgan fingerprint density at radius 2 is 1.93 bits per heavy atom. The smallest absolute Gasteiger partial charge is 0.226 e. The molecule has 0 bridgehead atoms. The number of sulfone groups is 1. The Morgan fingerprint density at radius 1 is 1.23 bits per heavy atom. The minimum absolute atomic E-state index is 0.0683. The van der Waals surface area contributed by atoms with Crippen LogP contribution in [-0.2, 0) is 19.4 Å². The van der Waals surface area contributed by atoms with E-state index in [0.717, 1.165) is 17.4 Å². The van der Waals surface area contributed by atoms with Crippen LogP contribution in [0.25, 0.3) is 0 Å². The molecule has 1 aromatic heterocycles. The lowest BCUT2D eigenvalue weighted by molar-refractivity contribution is -0.121. The Morgan fingerprint density at radius 3 is 2.50 bits per heavy atom. The van der Waals surface area contributed by atoms with Crippen molar-refractivity contribution in [1.29, 1.82) is 0 Å². The first-order chi connectivity index (χ1) is 14.1. The molecule has 1 amide bonds. The number of pyridine rings is 1. The summed E-state index contributed by atoms with van der Waals surface area (Å²) < 4.78 is 23.8. The summed E-state index contributed by atoms with van der Waals surface area (Å²) in [4.78, 5) is 28.7. The number of benzene rings is 1. The van der Waals surface area contributed by atoms with Gasteiger partial charge in [-0.15, -0.1) is 0 Å². The molecule has 1 atom stereocenters. The SMILES string of the molecule is Cc1ccc(NC(=O)C[C@@H](c2ccc(S(C)(=O)=O)c(Cl)c2)C2CCC(=O)CC2)nc1. The second-order valence-corrected chi connectivity index (χ2v) is 10.3. The number of anilines is 1. The number of ketones is 1. The van der Waals surface area contributed by atoms with Crippen LogP contribution in [0.1, 0.15) is 49.1 Å². The molecule has 1 saturated carbocycles. The number of halogens is 1. The molecular formula is C22H25ClN2O4S. The fourth-order valence-electron chi connectivity index (χ4n) is 3.90. The predicted octanol–water partition coefficient (Wildman–Crippen LogP) is 4.32. The molecule has 1 fully saturated rings. The van der Waals surface area contributed by atoms with Crippen molar-refractivity contribution in [2.75, 3.05) is 11.6 Å². The molecule has 0 aliphatic heterocycles. The quantitative estimate of drug-likeness (QED) is 0.710. The van der Waals surface area contributed by atoms with E-state index in [2.05, 4.69) is 10.3 Å². The van der Waals surface area contributed by atoms with Gasteiger partial charge in [-0.25, -0.2) is 13.4 Å². The number of hydrogen-bond acceptors (Lipinski definition) is 5. The number of hydrogen-bond donors (Lipinski definition) is 1. The monoisotopic (exact) mass is 448 g/mol. The first kappa shape index (κ1) is 22.4. The van der Waals surface area contributed by atoms with E-state index in [1.54, 1.807) is 24.4 Å². The van der Waals surface area contributed by atoms with Gasteiger partial charge in [-0.3, -0.25) is 9.59 Å². The van der Waals surface area contributed by atoms with Crippen LogP contribution in [0.2, 0.25) is 5.02 Å². The molecule has 1 heterocycles. The molecule has 2 aromatic rings. The Hall–Kier alpha value is -2.25. The highest BCUT2D eigenvalue weighted by Gasteiger charge is 2.30. The number of nitrogens with zero attached hydrogens (tertiary/aromatic N) is 1. The second kappa shape index (κ2) is 9.27. The van der Waals surface area contributed by atoms with Gasteiger partial charge in [0, 0.05) is 31.7 Å². The molecule has 1 N–H and O–H groups in total. The summed E-state index contributed by atoms with van der Waals surface area (Å²) in [6.45, 7) is 1.92. The van der Waals surface area contributed by atoms with Gasteiger partial charge in [0.1, 0.15) is 11.6 Å². The van der Waals surface area contributed by atoms with Gasteiger partial charge in [-0.1, -0.05) is 23.7 Å². The summed E-state index contributed by atoms with van der Waals surface area (Å²) in [6.07, 6.45) is 5.39. The van der Waals surface area contributed by atoms with Crippen LogP contribution in [-0.4, -0.2) is 31.3 Å². The summed E-state index contributed by atoms with van der Waals surface area (Å²) in [5, 5.41) is 2.97. The fraction of sp³-hybridized carbons (Fsp3) is 0.409. The minimum atomic E-state index is -3.44. The lowest BCUT2D eigenvalue weighted by Crippen LogP contribution is -2.25. The van der Waals surface area contributed by atoms with E-state index >= 15 is 0 Å². The zero-order valence-corrected chi connectivity index (χ0v) is 18.6. The topological polar surface area (TPSA) is 93.2 Å². The number of carbonyl (C=O) groups excluding carboxylic acids is 2. The number of carbonyl (C=O) groups is 2. The molecule has 0 radical (unpaired) electrons. The van der Waals surface area contributed by atoms with E-state index in [1.165, 1.54) is 6.07 Å². The highest BCUT2D eigenvalue weighted by atomic mass is 35.5. The normalized spacial score (nSPS) is 16.3. The first-order valence-electron chi connectivity index (χ1n) is 9.87. The fourth-order valence-corrected chi connectivity index (χ4v) is 5.24. The van der Waals surface area contributed by atoms with Gasteiger partial charge in [0.05, 0.1) is 9.92 Å². The Balaban J connectivity index is 1.85. The van der Waals surface area contributed by atoms with Gasteiger partial charge in [0.25, 0.3) is 0 Å². The molecule has 6 nitrogen and oxygen atoms in total. The molecule has 0 unspecified atom stereocenters. The molecule has 1 aliphatic carbocycles. The van der Waals surface area contributed by atoms with Crippen molar-refractivity contribution in [3.63, 3.8) is 0 Å². The zero-order chi connectivity index (χ0) is 21.9. The maximum atomic E-state index is 12.8. The van der Waals surface area contributed by atoms with Gasteiger partial charge in [0.15, 0.2) is 9.84 Å². The zero-order valence-electron chi connectivity index (χ0n) is 17.0. The van der Waals surface area contributed by atoms with Crippen molar-refractivity contribution >= 4 is 38.9 Å². The molecule has 1 aromatic carbocycles. The minimum Gasteiger partial charge on any atom is -0.311 e. The van der Waals surface area contributed by atoms with Crippen molar-refractivity contribution in [3.05, 3.63) is 52.7 Å². The largest absolute Gasteiger partial charge is 0.311 e. The first-order valence-corrected chi connectivity index (χ1v) is 12.1. The van der Waals surface area contributed by atoms with E-state index < -0.39 is 9.84 Å². The number of amides is 1. The summed E-state index contributed by atoms with van der Waals surface area (Å²) >= 11 is 6.26. The second-order valence-electron chi connectivity index (χ2n) is 7.92. The highest BCUT2D eigenvalue weighted by molar-refractivity contribution is 7.90. The van der Waals surface area contributed by atoms with E-state index in [-0.39, 0.29) is 39.9 Å². The maximum Gasteiger partial charge on any atom is 0.226 e. The number of Topliss-reactive ketones (excluding diaryl/α,β-unsaturated/α-hetero) is 1. The van der Waals surface area contributed by atoms with Crippen molar-refractivity contribution in [2.24, 2.45) is 5.92 Å². The Labute approximate surface area is 182 Å². The number of nitrogens with one attached hydrogen (secondary N) is 1. The van der Waals surface area contributed by atoms with Gasteiger partial charge in [-0.2, -0.15) is 0 Å². The van der Waals surface area contributed by atoms with Gasteiger partial charge < -0.3 is 5.32 Å². The third-order valence-corrected chi connectivity index (χ3v) is 7.10. The summed E-state index contributed by atoms with van der Waals surface area (Å²) in [5.74, 6) is 0.503.